The maximum absolute atomic E-state index is 12.5. The van der Waals surface area contributed by atoms with Crippen molar-refractivity contribution in [3.63, 3.8) is 0 Å². The van der Waals surface area contributed by atoms with Crippen molar-refractivity contribution in [1.29, 1.82) is 0 Å². The first-order valence-corrected chi connectivity index (χ1v) is 9.15. The quantitative estimate of drug-likeness (QED) is 0.768. The molecule has 0 aliphatic heterocycles. The lowest BCUT2D eigenvalue weighted by Gasteiger charge is -2.10. The third-order valence-corrected chi connectivity index (χ3v) is 5.49. The van der Waals surface area contributed by atoms with Crippen molar-refractivity contribution in [2.45, 2.75) is 23.8 Å². The summed E-state index contributed by atoms with van der Waals surface area (Å²) in [6, 6.07) is 16.3. The van der Waals surface area contributed by atoms with Gasteiger partial charge in [-0.2, -0.15) is 0 Å². The van der Waals surface area contributed by atoms with Gasteiger partial charge in [-0.25, -0.2) is 8.42 Å². The highest BCUT2D eigenvalue weighted by Gasteiger charge is 2.23. The summed E-state index contributed by atoms with van der Waals surface area (Å²) in [6.07, 6.45) is 0. The highest BCUT2D eigenvalue weighted by Crippen LogP contribution is 2.24. The lowest BCUT2D eigenvalue weighted by atomic mass is 10.1. The molecular formula is C19H17NO4S. The van der Waals surface area contributed by atoms with Crippen molar-refractivity contribution >= 4 is 21.4 Å². The van der Waals surface area contributed by atoms with Crippen molar-refractivity contribution in [2.24, 2.45) is 0 Å². The Kier molecular flexibility index (Phi) is 4.46. The van der Waals surface area contributed by atoms with Crippen LogP contribution in [-0.4, -0.2) is 14.3 Å². The van der Waals surface area contributed by atoms with Crippen LogP contribution in [0.1, 0.15) is 21.7 Å². The van der Waals surface area contributed by atoms with E-state index in [-0.39, 0.29) is 15.7 Å². The maximum Gasteiger partial charge on any atom is 0.291 e. The molecule has 0 saturated carbocycles. The van der Waals surface area contributed by atoms with Gasteiger partial charge >= 0.3 is 0 Å². The van der Waals surface area contributed by atoms with Crippen LogP contribution in [0.4, 0.5) is 5.69 Å². The molecule has 0 saturated heterocycles. The molecule has 128 valence electrons. The molecule has 1 amide bonds. The first-order valence-electron chi connectivity index (χ1n) is 7.67. The van der Waals surface area contributed by atoms with Gasteiger partial charge in [0.15, 0.2) is 5.76 Å². The van der Waals surface area contributed by atoms with Crippen LogP contribution in [0.3, 0.4) is 0 Å². The normalized spacial score (nSPS) is 11.3. The number of furan rings is 1. The van der Waals surface area contributed by atoms with Gasteiger partial charge in [0, 0.05) is 5.69 Å². The SMILES string of the molecule is Cc1cccc(C)c1NC(=O)c1ccc(S(=O)(=O)c2ccccc2)o1. The predicted molar refractivity (Wildman–Crippen MR) is 94.5 cm³/mol. The molecule has 3 rings (SSSR count). The van der Waals surface area contributed by atoms with Gasteiger partial charge in [-0.05, 0) is 49.2 Å². The topological polar surface area (TPSA) is 76.4 Å². The van der Waals surface area contributed by atoms with Gasteiger partial charge in [-0.1, -0.05) is 36.4 Å². The fourth-order valence-electron chi connectivity index (χ4n) is 2.49. The van der Waals surface area contributed by atoms with Crippen LogP contribution < -0.4 is 5.32 Å². The van der Waals surface area contributed by atoms with E-state index in [0.29, 0.717) is 5.69 Å². The average Bonchev–Trinajstić information content (AvgIpc) is 3.10. The minimum atomic E-state index is -3.79. The summed E-state index contributed by atoms with van der Waals surface area (Å²) in [7, 11) is -3.79. The van der Waals surface area contributed by atoms with Crippen LogP contribution in [0.25, 0.3) is 0 Å². The van der Waals surface area contributed by atoms with E-state index in [4.69, 9.17) is 4.42 Å². The standard InChI is InChI=1S/C19H17NO4S/c1-13-7-6-8-14(2)18(13)20-19(21)16-11-12-17(24-16)25(22,23)15-9-4-3-5-10-15/h3-12H,1-2H3,(H,20,21). The molecular weight excluding hydrogens is 338 g/mol. The zero-order chi connectivity index (χ0) is 18.0. The third-order valence-electron chi connectivity index (χ3n) is 3.84. The number of anilines is 1. The third kappa shape index (κ3) is 3.34. The molecule has 5 nitrogen and oxygen atoms in total. The maximum atomic E-state index is 12.5. The zero-order valence-electron chi connectivity index (χ0n) is 13.8. The summed E-state index contributed by atoms with van der Waals surface area (Å²) in [5.74, 6) is -0.552. The number of benzene rings is 2. The van der Waals surface area contributed by atoms with E-state index in [1.165, 1.54) is 24.3 Å². The van der Waals surface area contributed by atoms with Gasteiger partial charge in [-0.15, -0.1) is 0 Å². The molecule has 0 aliphatic carbocycles. The highest BCUT2D eigenvalue weighted by molar-refractivity contribution is 7.91. The number of rotatable bonds is 4. The Morgan fingerprint density at radius 3 is 2.16 bits per heavy atom. The molecule has 0 atom stereocenters. The van der Waals surface area contributed by atoms with Crippen LogP contribution in [0, 0.1) is 13.8 Å². The zero-order valence-corrected chi connectivity index (χ0v) is 14.6. The summed E-state index contributed by atoms with van der Waals surface area (Å²) in [6.45, 7) is 3.77. The number of amides is 1. The van der Waals surface area contributed by atoms with Crippen molar-refractivity contribution in [3.8, 4) is 0 Å². The van der Waals surface area contributed by atoms with E-state index in [0.717, 1.165) is 11.1 Å². The summed E-state index contributed by atoms with van der Waals surface area (Å²) in [5, 5.41) is 2.51. The first-order chi connectivity index (χ1) is 11.9. The van der Waals surface area contributed by atoms with Gasteiger partial charge in [0.25, 0.3) is 5.91 Å². The lowest BCUT2D eigenvalue weighted by molar-refractivity contribution is 0.0991. The smallest absolute Gasteiger partial charge is 0.291 e. The molecule has 3 aromatic rings. The molecule has 1 aromatic heterocycles. The van der Waals surface area contributed by atoms with Crippen molar-refractivity contribution in [1.82, 2.24) is 0 Å². The molecule has 0 aliphatic rings. The van der Waals surface area contributed by atoms with E-state index in [2.05, 4.69) is 5.32 Å². The largest absolute Gasteiger partial charge is 0.439 e. The molecule has 2 aromatic carbocycles. The predicted octanol–water partition coefficient (Wildman–Crippen LogP) is 3.98. The van der Waals surface area contributed by atoms with Gasteiger partial charge < -0.3 is 9.73 Å². The Labute approximate surface area is 146 Å². The number of para-hydroxylation sites is 1. The summed E-state index contributed by atoms with van der Waals surface area (Å²) >= 11 is 0. The number of carbonyl (C=O) groups excluding carboxylic acids is 1. The fourth-order valence-corrected chi connectivity index (χ4v) is 3.68. The van der Waals surface area contributed by atoms with Crippen molar-refractivity contribution in [3.05, 3.63) is 77.6 Å². The minimum absolute atomic E-state index is 0.0582. The molecule has 25 heavy (non-hydrogen) atoms. The molecule has 0 unspecified atom stereocenters. The molecule has 0 radical (unpaired) electrons. The van der Waals surface area contributed by atoms with Crippen LogP contribution in [-0.2, 0) is 9.84 Å². The Morgan fingerprint density at radius 1 is 0.880 bits per heavy atom. The highest BCUT2D eigenvalue weighted by atomic mass is 32.2. The van der Waals surface area contributed by atoms with Crippen LogP contribution in [0.5, 0.6) is 0 Å². The number of hydrogen-bond acceptors (Lipinski definition) is 4. The molecule has 1 N–H and O–H groups in total. The molecule has 0 spiro atoms. The number of aryl methyl sites for hydroxylation is 2. The van der Waals surface area contributed by atoms with Crippen LogP contribution >= 0.6 is 0 Å². The Morgan fingerprint density at radius 2 is 1.52 bits per heavy atom. The second-order valence-corrected chi connectivity index (χ2v) is 7.54. The lowest BCUT2D eigenvalue weighted by Crippen LogP contribution is -2.13. The van der Waals surface area contributed by atoms with E-state index in [9.17, 15) is 13.2 Å². The summed E-state index contributed by atoms with van der Waals surface area (Å²) in [4.78, 5) is 12.5. The molecule has 0 fully saturated rings. The summed E-state index contributed by atoms with van der Waals surface area (Å²) in [5.41, 5.74) is 2.52. The fraction of sp³-hybridized carbons (Fsp3) is 0.105. The van der Waals surface area contributed by atoms with E-state index >= 15 is 0 Å². The number of carbonyl (C=O) groups is 1. The first kappa shape index (κ1) is 17.0. The van der Waals surface area contributed by atoms with E-state index in [1.54, 1.807) is 18.2 Å². The van der Waals surface area contributed by atoms with E-state index in [1.807, 2.05) is 32.0 Å². The second-order valence-electron chi connectivity index (χ2n) is 5.66. The van der Waals surface area contributed by atoms with Gasteiger partial charge in [0.2, 0.25) is 14.9 Å². The van der Waals surface area contributed by atoms with Gasteiger partial charge in [0.1, 0.15) is 0 Å². The van der Waals surface area contributed by atoms with Crippen LogP contribution in [0.2, 0.25) is 0 Å². The van der Waals surface area contributed by atoms with E-state index < -0.39 is 15.7 Å². The minimum Gasteiger partial charge on any atom is -0.439 e. The second kappa shape index (κ2) is 6.57. The van der Waals surface area contributed by atoms with Gasteiger partial charge in [-0.3, -0.25) is 4.79 Å². The van der Waals surface area contributed by atoms with Crippen LogP contribution in [0.15, 0.2) is 75.1 Å². The van der Waals surface area contributed by atoms with Crippen molar-refractivity contribution < 1.29 is 17.6 Å². The molecule has 0 bridgehead atoms. The number of nitrogens with one attached hydrogen (secondary N) is 1. The Balaban J connectivity index is 1.88. The average molecular weight is 355 g/mol. The monoisotopic (exact) mass is 355 g/mol. The summed E-state index contributed by atoms with van der Waals surface area (Å²) < 4.78 is 30.3. The Bertz CT molecular complexity index is 1000. The molecule has 1 heterocycles. The van der Waals surface area contributed by atoms with Crippen molar-refractivity contribution in [2.75, 3.05) is 5.32 Å². The molecule has 6 heteroatoms. The number of sulfone groups is 1. The van der Waals surface area contributed by atoms with Gasteiger partial charge in [0.05, 0.1) is 4.90 Å². The Hall–Kier alpha value is -2.86. The number of hydrogen-bond donors (Lipinski definition) is 1.